The molecule has 3 aliphatic rings. The van der Waals surface area contributed by atoms with Gasteiger partial charge in [0.15, 0.2) is 0 Å². The van der Waals surface area contributed by atoms with Crippen LogP contribution in [0.1, 0.15) is 52.5 Å². The van der Waals surface area contributed by atoms with Crippen LogP contribution in [0.25, 0.3) is 0 Å². The van der Waals surface area contributed by atoms with Crippen LogP contribution in [0.5, 0.6) is 0 Å². The molecular formula is C23H30FN3O5. The van der Waals surface area contributed by atoms with Crippen LogP contribution in [-0.2, 0) is 9.47 Å². The van der Waals surface area contributed by atoms with E-state index in [0.717, 1.165) is 16.8 Å². The Morgan fingerprint density at radius 2 is 1.84 bits per heavy atom. The summed E-state index contributed by atoms with van der Waals surface area (Å²) in [6.07, 6.45) is 0.0174. The molecule has 1 aromatic rings. The summed E-state index contributed by atoms with van der Waals surface area (Å²) in [7, 11) is 0. The quantitative estimate of drug-likeness (QED) is 0.683. The molecule has 1 saturated heterocycles. The van der Waals surface area contributed by atoms with Gasteiger partial charge in [-0.1, -0.05) is 6.08 Å². The van der Waals surface area contributed by atoms with Crippen LogP contribution < -0.4 is 5.32 Å². The Bertz CT molecular complexity index is 965. The molecule has 0 bridgehead atoms. The van der Waals surface area contributed by atoms with Gasteiger partial charge in [0.25, 0.3) is 0 Å². The second-order valence-corrected chi connectivity index (χ2v) is 9.26. The summed E-state index contributed by atoms with van der Waals surface area (Å²) >= 11 is 0. The van der Waals surface area contributed by atoms with Crippen LogP contribution >= 0.6 is 0 Å². The molecule has 32 heavy (non-hydrogen) atoms. The molecule has 2 aliphatic heterocycles. The second kappa shape index (κ2) is 7.95. The fraction of sp³-hybridized carbons (Fsp3) is 0.565. The Hall–Kier alpha value is -2.81. The minimum Gasteiger partial charge on any atom is -0.445 e. The molecule has 174 valence electrons. The lowest BCUT2D eigenvalue weighted by atomic mass is 9.87. The fourth-order valence-electron chi connectivity index (χ4n) is 5.08. The minimum absolute atomic E-state index is 0.184. The molecule has 1 fully saturated rings. The zero-order valence-corrected chi connectivity index (χ0v) is 19.0. The number of rotatable bonds is 4. The molecule has 8 nitrogen and oxygen atoms in total. The third-order valence-electron chi connectivity index (χ3n) is 6.30. The van der Waals surface area contributed by atoms with Crippen molar-refractivity contribution in [1.82, 2.24) is 10.0 Å². The molecule has 1 aromatic carbocycles. The van der Waals surface area contributed by atoms with Crippen LogP contribution in [0, 0.1) is 5.82 Å². The van der Waals surface area contributed by atoms with Crippen LogP contribution in [0.2, 0.25) is 0 Å². The van der Waals surface area contributed by atoms with Gasteiger partial charge in [-0.25, -0.2) is 24.0 Å². The maximum Gasteiger partial charge on any atom is 0.430 e. The number of nitrogens with zero attached hydrogens (tertiary/aromatic N) is 2. The smallest absolute Gasteiger partial charge is 0.430 e. The number of nitrogens with one attached hydrogen (secondary N) is 1. The summed E-state index contributed by atoms with van der Waals surface area (Å²) in [6, 6.07) is 3.70. The number of amides is 2. The first-order valence-electron chi connectivity index (χ1n) is 11.0. The molecule has 2 heterocycles. The molecule has 1 aliphatic carbocycles. The number of fused-ring (bicyclic) bond motifs is 5. The highest BCUT2D eigenvalue weighted by molar-refractivity contribution is 5.80. The third-order valence-corrected chi connectivity index (χ3v) is 6.30. The SMILES string of the molecule is CC(C)OC(=O)N1[C@H]2C(=C[C@@H]3c4cc(F)ccc4N[C@@H]32)[C@](C)(CCO)N1C(=O)OC(C)C. The Morgan fingerprint density at radius 3 is 2.47 bits per heavy atom. The number of anilines is 1. The number of aliphatic hydroxyl groups excluding tert-OH is 1. The third kappa shape index (κ3) is 3.39. The van der Waals surface area contributed by atoms with Crippen molar-refractivity contribution in [3.05, 3.63) is 41.2 Å². The fourth-order valence-corrected chi connectivity index (χ4v) is 5.08. The van der Waals surface area contributed by atoms with Crippen LogP contribution in [0.4, 0.5) is 19.7 Å². The Balaban J connectivity index is 1.83. The van der Waals surface area contributed by atoms with Crippen molar-refractivity contribution in [3.63, 3.8) is 0 Å². The molecule has 2 amide bonds. The zero-order valence-electron chi connectivity index (χ0n) is 19.0. The molecule has 0 unspecified atom stereocenters. The number of carbonyl (C=O) groups excluding carboxylic acids is 2. The van der Waals surface area contributed by atoms with Gasteiger partial charge in [-0.2, -0.15) is 0 Å². The van der Waals surface area contributed by atoms with Crippen molar-refractivity contribution in [2.45, 2.75) is 76.8 Å². The summed E-state index contributed by atoms with van der Waals surface area (Å²) in [5, 5.41) is 15.9. The van der Waals surface area contributed by atoms with Gasteiger partial charge in [-0.3, -0.25) is 0 Å². The molecule has 0 saturated carbocycles. The van der Waals surface area contributed by atoms with Crippen molar-refractivity contribution in [2.24, 2.45) is 0 Å². The number of hydrogen-bond acceptors (Lipinski definition) is 6. The number of aliphatic hydroxyl groups is 1. The van der Waals surface area contributed by atoms with Crippen LogP contribution in [0.3, 0.4) is 0 Å². The highest BCUT2D eigenvalue weighted by Crippen LogP contribution is 2.54. The van der Waals surface area contributed by atoms with Gasteiger partial charge in [0, 0.05) is 18.2 Å². The van der Waals surface area contributed by atoms with E-state index >= 15 is 0 Å². The van der Waals surface area contributed by atoms with Crippen molar-refractivity contribution in [2.75, 3.05) is 11.9 Å². The van der Waals surface area contributed by atoms with E-state index in [9.17, 15) is 19.1 Å². The van der Waals surface area contributed by atoms with Crippen LogP contribution in [-0.4, -0.2) is 63.7 Å². The lowest BCUT2D eigenvalue weighted by Gasteiger charge is -2.39. The average Bonchev–Trinajstić information content (AvgIpc) is 3.28. The van der Waals surface area contributed by atoms with Gasteiger partial charge in [-0.05, 0) is 70.4 Å². The predicted molar refractivity (Wildman–Crippen MR) is 115 cm³/mol. The largest absolute Gasteiger partial charge is 0.445 e. The highest BCUT2D eigenvalue weighted by atomic mass is 19.1. The van der Waals surface area contributed by atoms with Crippen molar-refractivity contribution >= 4 is 17.9 Å². The van der Waals surface area contributed by atoms with E-state index in [4.69, 9.17) is 9.47 Å². The van der Waals surface area contributed by atoms with E-state index < -0.39 is 36.0 Å². The molecule has 0 spiro atoms. The van der Waals surface area contributed by atoms with Crippen molar-refractivity contribution < 1.29 is 28.6 Å². The Labute approximate surface area is 186 Å². The van der Waals surface area contributed by atoms with Gasteiger partial charge >= 0.3 is 12.2 Å². The number of halogens is 1. The zero-order chi connectivity index (χ0) is 23.4. The van der Waals surface area contributed by atoms with E-state index in [0.29, 0.717) is 0 Å². The molecule has 9 heteroatoms. The number of ether oxygens (including phenoxy) is 2. The van der Waals surface area contributed by atoms with E-state index in [1.165, 1.54) is 22.2 Å². The second-order valence-electron chi connectivity index (χ2n) is 9.26. The standard InChI is InChI=1S/C23H30FN3O5/c1-12(2)31-21(29)26-20-17(23(5,8-9-28)27(26)22(30)32-13(3)4)11-16-15-10-14(24)6-7-18(15)25-19(16)20/h6-7,10-13,16,19-20,25,28H,8-9H2,1-5H3/t16-,19+,20+,23+/m1/s1. The predicted octanol–water partition coefficient (Wildman–Crippen LogP) is 3.78. The van der Waals surface area contributed by atoms with Crippen LogP contribution in [0.15, 0.2) is 29.8 Å². The number of carbonyl (C=O) groups is 2. The summed E-state index contributed by atoms with van der Waals surface area (Å²) in [6.45, 7) is 8.53. The minimum atomic E-state index is -1.01. The molecule has 0 aromatic heterocycles. The molecule has 0 radical (unpaired) electrons. The molecular weight excluding hydrogens is 417 g/mol. The lowest BCUT2D eigenvalue weighted by Crippen LogP contribution is -2.58. The highest BCUT2D eigenvalue weighted by Gasteiger charge is 2.63. The lowest BCUT2D eigenvalue weighted by molar-refractivity contribution is -0.0606. The Morgan fingerprint density at radius 1 is 1.19 bits per heavy atom. The van der Waals surface area contributed by atoms with Gasteiger partial charge in [0.1, 0.15) is 11.9 Å². The first kappa shape index (κ1) is 22.4. The number of benzene rings is 1. The Kier molecular flexibility index (Phi) is 5.56. The van der Waals surface area contributed by atoms with Gasteiger partial charge in [0.2, 0.25) is 0 Å². The molecule has 4 rings (SSSR count). The number of hydrazine groups is 1. The summed E-state index contributed by atoms with van der Waals surface area (Å²) < 4.78 is 25.0. The molecule has 2 N–H and O–H groups in total. The summed E-state index contributed by atoms with van der Waals surface area (Å²) in [5.41, 5.74) is 1.38. The van der Waals surface area contributed by atoms with E-state index in [2.05, 4.69) is 5.32 Å². The van der Waals surface area contributed by atoms with Gasteiger partial charge in [-0.15, -0.1) is 0 Å². The van der Waals surface area contributed by atoms with E-state index in [1.54, 1.807) is 40.7 Å². The average molecular weight is 448 g/mol. The summed E-state index contributed by atoms with van der Waals surface area (Å²) in [4.78, 5) is 26.5. The summed E-state index contributed by atoms with van der Waals surface area (Å²) in [5.74, 6) is -0.519. The number of hydrogen-bond donors (Lipinski definition) is 2. The molecule has 4 atom stereocenters. The van der Waals surface area contributed by atoms with Gasteiger partial charge in [0.05, 0.1) is 23.8 Å². The van der Waals surface area contributed by atoms with E-state index in [-0.39, 0.29) is 30.8 Å². The van der Waals surface area contributed by atoms with Crippen molar-refractivity contribution in [3.8, 4) is 0 Å². The van der Waals surface area contributed by atoms with Crippen molar-refractivity contribution in [1.29, 1.82) is 0 Å². The maximum absolute atomic E-state index is 14.0. The topological polar surface area (TPSA) is 91.3 Å². The normalized spacial score (nSPS) is 27.8. The monoisotopic (exact) mass is 447 g/mol. The maximum atomic E-state index is 14.0. The first-order chi connectivity index (χ1) is 15.1. The van der Waals surface area contributed by atoms with E-state index in [1.807, 2.05) is 6.08 Å². The first-order valence-corrected chi connectivity index (χ1v) is 11.0. The van der Waals surface area contributed by atoms with Gasteiger partial charge < -0.3 is 19.9 Å².